The number of hydrogen-bond donors (Lipinski definition) is 2. The molecule has 4 unspecified atom stereocenters. The van der Waals surface area contributed by atoms with E-state index >= 15 is 0 Å². The van der Waals surface area contributed by atoms with Gasteiger partial charge in [-0.3, -0.25) is 0 Å². The molecular formula is C71H108O6. The lowest BCUT2D eigenvalue weighted by Gasteiger charge is -2.63. The van der Waals surface area contributed by atoms with Gasteiger partial charge in [-0.15, -0.1) is 0 Å². The molecule has 0 aromatic heterocycles. The maximum atomic E-state index is 11.6. The van der Waals surface area contributed by atoms with Crippen molar-refractivity contribution in [3.05, 3.63) is 140 Å². The van der Waals surface area contributed by atoms with Crippen LogP contribution in [0, 0.1) is 16.2 Å². The minimum atomic E-state index is -1.29. The van der Waals surface area contributed by atoms with Gasteiger partial charge >= 0.3 is 0 Å². The van der Waals surface area contributed by atoms with Gasteiger partial charge in [0.2, 0.25) is 0 Å². The molecule has 2 aliphatic rings. The van der Waals surface area contributed by atoms with Crippen molar-refractivity contribution in [2.24, 2.45) is 16.2 Å². The highest BCUT2D eigenvalue weighted by atomic mass is 16.7. The lowest BCUT2D eigenvalue weighted by Crippen LogP contribution is -2.62. The summed E-state index contributed by atoms with van der Waals surface area (Å²) >= 11 is 0. The van der Waals surface area contributed by atoms with E-state index in [2.05, 4.69) is 267 Å². The number of rotatable bonds is 8. The molecule has 428 valence electrons. The smallest absolute Gasteiger partial charge is 0.166 e. The van der Waals surface area contributed by atoms with E-state index in [0.29, 0.717) is 0 Å². The van der Waals surface area contributed by atoms with Crippen LogP contribution in [0.3, 0.4) is 0 Å². The summed E-state index contributed by atoms with van der Waals surface area (Å²) in [5.74, 6) is 0. The zero-order chi connectivity index (χ0) is 58.6. The molecule has 2 aliphatic heterocycles. The zero-order valence-corrected chi connectivity index (χ0v) is 53.8. The molecule has 0 bridgehead atoms. The number of hydrogen-bond acceptors (Lipinski definition) is 6. The van der Waals surface area contributed by atoms with Gasteiger partial charge in [0.1, 0.15) is 24.4 Å². The van der Waals surface area contributed by atoms with E-state index in [-0.39, 0.29) is 56.5 Å². The van der Waals surface area contributed by atoms with Gasteiger partial charge in [0.05, 0.1) is 18.6 Å². The van der Waals surface area contributed by atoms with Gasteiger partial charge in [-0.05, 0) is 110 Å². The fraction of sp³-hybridized carbons (Fsp3) is 0.662. The lowest BCUT2D eigenvalue weighted by molar-refractivity contribution is -0.431. The first-order valence-electron chi connectivity index (χ1n) is 29.1. The first-order chi connectivity index (χ1) is 34.6. The van der Waals surface area contributed by atoms with Gasteiger partial charge in [0.15, 0.2) is 12.6 Å². The third-order valence-corrected chi connectivity index (χ3v) is 17.0. The van der Waals surface area contributed by atoms with Crippen molar-refractivity contribution in [3.63, 3.8) is 0 Å². The normalized spacial score (nSPS) is 23.9. The van der Waals surface area contributed by atoms with E-state index in [9.17, 15) is 10.2 Å². The monoisotopic (exact) mass is 1060 g/mol. The average molecular weight is 1060 g/mol. The molecule has 4 aromatic carbocycles. The van der Waals surface area contributed by atoms with Crippen LogP contribution in [0.5, 0.6) is 0 Å². The Morgan fingerprint density at radius 2 is 0.481 bits per heavy atom. The Morgan fingerprint density at radius 3 is 0.623 bits per heavy atom. The molecular weight excluding hydrogens is 949 g/mol. The highest BCUT2D eigenvalue weighted by Gasteiger charge is 2.69. The maximum Gasteiger partial charge on any atom is 0.166 e. The molecule has 6 rings (SSSR count). The molecule has 0 aliphatic carbocycles. The Morgan fingerprint density at radius 1 is 0.299 bits per heavy atom. The quantitative estimate of drug-likeness (QED) is 0.183. The van der Waals surface area contributed by atoms with Crippen molar-refractivity contribution in [3.8, 4) is 0 Å². The molecule has 6 nitrogen and oxygen atoms in total. The molecule has 4 aromatic rings. The van der Waals surface area contributed by atoms with Crippen molar-refractivity contribution >= 4 is 0 Å². The minimum Gasteiger partial charge on any atom is -0.396 e. The van der Waals surface area contributed by atoms with Crippen LogP contribution in [0.25, 0.3) is 0 Å². The summed E-state index contributed by atoms with van der Waals surface area (Å²) in [5.41, 5.74) is 8.72. The number of aliphatic hydroxyl groups excluding tert-OH is 2. The fourth-order valence-electron chi connectivity index (χ4n) is 11.7. The van der Waals surface area contributed by atoms with Crippen LogP contribution in [0.1, 0.15) is 285 Å². The molecule has 0 amide bonds. The van der Waals surface area contributed by atoms with Gasteiger partial charge in [-0.2, -0.15) is 0 Å². The summed E-state index contributed by atoms with van der Waals surface area (Å²) in [4.78, 5) is 0. The first kappa shape index (κ1) is 62.8. The summed E-state index contributed by atoms with van der Waals surface area (Å²) in [6.45, 7) is 63.1. The SMILES string of the molecule is CC(C)(C)c1ccc(C2OC(C(C)(C)CO)OC(c3ccc(C(C)(C)C)cc3C(C)(C)C)C23C(c2ccc(C(C)(C)C)cc2C(C)(C)C)OC(C(C)(C)CO)OC3c2ccc(C(C)(C)C)cc2C(C)(C)C)c(C(C)(C)C)c1. The van der Waals surface area contributed by atoms with Crippen molar-refractivity contribution in [2.45, 2.75) is 274 Å². The number of benzene rings is 4. The van der Waals surface area contributed by atoms with E-state index in [4.69, 9.17) is 18.9 Å². The number of ether oxygens (including phenoxy) is 4. The molecule has 2 N–H and O–H groups in total. The summed E-state index contributed by atoms with van der Waals surface area (Å²) in [7, 11) is 0. The second kappa shape index (κ2) is 20.6. The van der Waals surface area contributed by atoms with Gasteiger partial charge < -0.3 is 29.2 Å². The predicted molar refractivity (Wildman–Crippen MR) is 322 cm³/mol. The van der Waals surface area contributed by atoms with Crippen LogP contribution in [0.15, 0.2) is 72.8 Å². The van der Waals surface area contributed by atoms with E-state index in [1.54, 1.807) is 0 Å². The van der Waals surface area contributed by atoms with E-state index in [0.717, 1.165) is 22.3 Å². The van der Waals surface area contributed by atoms with Gasteiger partial charge in [-0.25, -0.2) is 0 Å². The predicted octanol–water partition coefficient (Wildman–Crippen LogP) is 18.1. The van der Waals surface area contributed by atoms with E-state index < -0.39 is 53.2 Å². The third kappa shape index (κ3) is 12.4. The molecule has 1 spiro atoms. The zero-order valence-electron chi connectivity index (χ0n) is 53.8. The minimum absolute atomic E-state index is 0.148. The second-order valence-electron chi connectivity index (χ2n) is 33.2. The van der Waals surface area contributed by atoms with E-state index in [1.807, 2.05) is 0 Å². The molecule has 2 fully saturated rings. The topological polar surface area (TPSA) is 77.4 Å². The average Bonchev–Trinajstić information content (AvgIpc) is 3.28. The van der Waals surface area contributed by atoms with E-state index in [1.165, 1.54) is 44.5 Å². The first-order valence-corrected chi connectivity index (χ1v) is 29.1. The molecule has 77 heavy (non-hydrogen) atoms. The van der Waals surface area contributed by atoms with Crippen LogP contribution < -0.4 is 0 Å². The lowest BCUT2D eigenvalue weighted by atomic mass is 9.56. The van der Waals surface area contributed by atoms with Crippen molar-refractivity contribution in [2.75, 3.05) is 13.2 Å². The van der Waals surface area contributed by atoms with Crippen LogP contribution in [-0.4, -0.2) is 36.0 Å². The Balaban J connectivity index is 2.06. The summed E-state index contributed by atoms with van der Waals surface area (Å²) < 4.78 is 32.4. The number of aliphatic hydroxyl groups is 2. The Bertz CT molecular complexity index is 2370. The van der Waals surface area contributed by atoms with Crippen LogP contribution in [0.4, 0.5) is 0 Å². The summed E-state index contributed by atoms with van der Waals surface area (Å²) in [5, 5.41) is 23.2. The third-order valence-electron chi connectivity index (χ3n) is 17.0. The fourth-order valence-corrected chi connectivity index (χ4v) is 11.7. The second-order valence-corrected chi connectivity index (χ2v) is 33.2. The largest absolute Gasteiger partial charge is 0.396 e. The van der Waals surface area contributed by atoms with Gasteiger partial charge in [0.25, 0.3) is 0 Å². The highest BCUT2D eigenvalue weighted by molar-refractivity contribution is 5.51. The molecule has 4 atom stereocenters. The Labute approximate surface area is 470 Å². The molecule has 6 heteroatoms. The Hall–Kier alpha value is -3.36. The van der Waals surface area contributed by atoms with Crippen LogP contribution in [-0.2, 0) is 62.3 Å². The van der Waals surface area contributed by atoms with Crippen molar-refractivity contribution in [1.29, 1.82) is 0 Å². The maximum absolute atomic E-state index is 11.6. The van der Waals surface area contributed by atoms with Gasteiger partial charge in [0, 0.05) is 10.8 Å². The summed E-state index contributed by atoms with van der Waals surface area (Å²) in [6, 6.07) is 28.3. The summed E-state index contributed by atoms with van der Waals surface area (Å²) in [6.07, 6.45) is -4.91. The van der Waals surface area contributed by atoms with Crippen molar-refractivity contribution < 1.29 is 29.2 Å². The standard InChI is InChI=1S/C71H108O6/c1-61(2,3)43-29-33-47(51(37-43)65(13,14)15)55-71(56(75-59(74-55)69(25,26)41-72)48-34-30-44(62(4,5)6)38-52(48)66(16,17)18)57(49-35-31-45(63(7,8)9)39-53(49)67(19,20)21)76-60(70(27,28)42-73)77-58(71)50-36-32-46(64(10,11)12)40-54(50)68(22,23)24/h29-40,55-60,72-73H,41-42H2,1-28H3. The Kier molecular flexibility index (Phi) is 16.8. The molecule has 0 saturated carbocycles. The van der Waals surface area contributed by atoms with Crippen LogP contribution in [0.2, 0.25) is 0 Å². The van der Waals surface area contributed by atoms with Crippen LogP contribution >= 0.6 is 0 Å². The van der Waals surface area contributed by atoms with Gasteiger partial charge in [-0.1, -0.05) is 267 Å². The molecule has 2 heterocycles. The molecule has 0 radical (unpaired) electrons. The highest BCUT2D eigenvalue weighted by Crippen LogP contribution is 2.72. The molecule has 2 saturated heterocycles. The van der Waals surface area contributed by atoms with Crippen molar-refractivity contribution in [1.82, 2.24) is 0 Å².